The van der Waals surface area contributed by atoms with Crippen LogP contribution in [0.15, 0.2) is 60.7 Å². The van der Waals surface area contributed by atoms with Gasteiger partial charge >= 0.3 is 12.1 Å². The third-order valence-corrected chi connectivity index (χ3v) is 6.99. The molecule has 210 valence electrons. The van der Waals surface area contributed by atoms with Crippen LogP contribution in [0.4, 0.5) is 25.0 Å². The van der Waals surface area contributed by atoms with Gasteiger partial charge in [-0.05, 0) is 35.7 Å². The minimum absolute atomic E-state index is 0.0404. The highest BCUT2D eigenvalue weighted by molar-refractivity contribution is 5.94. The maximum atomic E-state index is 14.2. The van der Waals surface area contributed by atoms with Crippen molar-refractivity contribution in [3.8, 4) is 11.1 Å². The Labute approximate surface area is 231 Å². The van der Waals surface area contributed by atoms with Gasteiger partial charge in [-0.3, -0.25) is 10.1 Å². The van der Waals surface area contributed by atoms with Crippen molar-refractivity contribution in [3.05, 3.63) is 83.4 Å². The first-order valence-corrected chi connectivity index (χ1v) is 13.0. The molecule has 0 saturated carbocycles. The summed E-state index contributed by atoms with van der Waals surface area (Å²) in [5.41, 5.74) is 1.70. The van der Waals surface area contributed by atoms with Gasteiger partial charge in [0.1, 0.15) is 17.7 Å². The Morgan fingerprint density at radius 3 is 2.30 bits per heavy atom. The molecule has 2 amide bonds. The van der Waals surface area contributed by atoms with Gasteiger partial charge in [-0.1, -0.05) is 36.4 Å². The molecule has 1 aliphatic rings. The van der Waals surface area contributed by atoms with Crippen LogP contribution < -0.4 is 10.6 Å². The highest BCUT2D eigenvalue weighted by Crippen LogP contribution is 2.30. The van der Waals surface area contributed by atoms with Crippen molar-refractivity contribution in [2.24, 2.45) is 0 Å². The summed E-state index contributed by atoms with van der Waals surface area (Å²) in [6.07, 6.45) is 1.18. The standard InChI is InChI=1S/C30H31F2N3O5/c1-35(2)14-12-21(13-15-35)40-30(39)34-26-10-8-19(16-22(26)20-6-4-3-5-7-20)9-11-28(36)33-27-18-24(31)23(29(37)38)17-25(27)32/h3-8,10,16-18,21H,9,11-15H2,1-2H3,(H2-,33,34,36,37,38,39)/p+1. The lowest BCUT2D eigenvalue weighted by Crippen LogP contribution is -2.48. The van der Waals surface area contributed by atoms with E-state index in [0.717, 1.165) is 47.1 Å². The highest BCUT2D eigenvalue weighted by atomic mass is 19.1. The smallest absolute Gasteiger partial charge is 0.411 e. The summed E-state index contributed by atoms with van der Waals surface area (Å²) in [6, 6.07) is 16.0. The normalized spacial score (nSPS) is 14.8. The number of ether oxygens (including phenoxy) is 1. The molecule has 0 unspecified atom stereocenters. The molecule has 0 aromatic heterocycles. The largest absolute Gasteiger partial charge is 0.478 e. The van der Waals surface area contributed by atoms with Crippen molar-refractivity contribution in [2.75, 3.05) is 37.8 Å². The number of carbonyl (C=O) groups is 3. The van der Waals surface area contributed by atoms with Crippen molar-refractivity contribution in [3.63, 3.8) is 0 Å². The number of halogens is 2. The van der Waals surface area contributed by atoms with Crippen molar-refractivity contribution in [1.82, 2.24) is 0 Å². The molecule has 1 fully saturated rings. The van der Waals surface area contributed by atoms with E-state index in [4.69, 9.17) is 9.84 Å². The van der Waals surface area contributed by atoms with Crippen molar-refractivity contribution < 1.29 is 37.5 Å². The fourth-order valence-corrected chi connectivity index (χ4v) is 4.64. The summed E-state index contributed by atoms with van der Waals surface area (Å²) >= 11 is 0. The Hall–Kier alpha value is -4.31. The number of aryl methyl sites for hydroxylation is 1. The third-order valence-electron chi connectivity index (χ3n) is 6.99. The van der Waals surface area contributed by atoms with E-state index in [1.165, 1.54) is 0 Å². The van der Waals surface area contributed by atoms with Crippen molar-refractivity contribution in [1.29, 1.82) is 0 Å². The molecule has 0 radical (unpaired) electrons. The first-order chi connectivity index (χ1) is 19.0. The SMILES string of the molecule is C[N+]1(C)CCC(OC(=O)Nc2ccc(CCC(=O)Nc3cc(F)c(C(=O)O)cc3F)cc2-c2ccccc2)CC1. The minimum Gasteiger partial charge on any atom is -0.478 e. The number of carboxylic acids is 1. The second-order valence-electron chi connectivity index (χ2n) is 10.5. The number of quaternary nitrogens is 1. The van der Waals surface area contributed by atoms with E-state index in [1.807, 2.05) is 36.4 Å². The molecule has 8 nitrogen and oxygen atoms in total. The second-order valence-corrected chi connectivity index (χ2v) is 10.5. The van der Waals surface area contributed by atoms with Crippen LogP contribution >= 0.6 is 0 Å². The lowest BCUT2D eigenvalue weighted by molar-refractivity contribution is -0.896. The Kier molecular flexibility index (Phi) is 8.79. The van der Waals surface area contributed by atoms with Crippen LogP contribution in [0.2, 0.25) is 0 Å². The number of aromatic carboxylic acids is 1. The van der Waals surface area contributed by atoms with Gasteiger partial charge in [-0.15, -0.1) is 0 Å². The molecule has 1 heterocycles. The molecular formula is C30H32F2N3O5+. The number of piperidine rings is 1. The van der Waals surface area contributed by atoms with Crippen LogP contribution in [0, 0.1) is 11.6 Å². The van der Waals surface area contributed by atoms with E-state index in [-0.39, 0.29) is 18.9 Å². The number of carbonyl (C=O) groups excluding carboxylic acids is 2. The third kappa shape index (κ3) is 7.41. The van der Waals surface area contributed by atoms with Crippen LogP contribution in [0.5, 0.6) is 0 Å². The van der Waals surface area contributed by atoms with Gasteiger partial charge in [-0.25, -0.2) is 18.4 Å². The van der Waals surface area contributed by atoms with Crippen molar-refractivity contribution >= 4 is 29.3 Å². The molecule has 0 bridgehead atoms. The molecule has 0 spiro atoms. The topological polar surface area (TPSA) is 105 Å². The van der Waals surface area contributed by atoms with E-state index in [1.54, 1.807) is 12.1 Å². The summed E-state index contributed by atoms with van der Waals surface area (Å²) in [6.45, 7) is 1.87. The van der Waals surface area contributed by atoms with Gasteiger partial charge in [0, 0.05) is 30.9 Å². The molecule has 3 aromatic carbocycles. The molecule has 0 atom stereocenters. The monoisotopic (exact) mass is 552 g/mol. The summed E-state index contributed by atoms with van der Waals surface area (Å²) in [7, 11) is 4.31. The van der Waals surface area contributed by atoms with E-state index in [0.29, 0.717) is 17.8 Å². The number of benzene rings is 3. The Balaban J connectivity index is 1.43. The van der Waals surface area contributed by atoms with Crippen LogP contribution in [0.3, 0.4) is 0 Å². The number of rotatable bonds is 8. The van der Waals surface area contributed by atoms with Crippen LogP contribution in [-0.4, -0.2) is 60.8 Å². The number of carboxylic acid groups (broad SMARTS) is 1. The number of hydrogen-bond acceptors (Lipinski definition) is 4. The summed E-state index contributed by atoms with van der Waals surface area (Å²) in [5, 5.41) is 14.1. The second kappa shape index (κ2) is 12.3. The molecule has 3 N–H and O–H groups in total. The maximum absolute atomic E-state index is 14.2. The number of amides is 2. The Morgan fingerprint density at radius 1 is 0.925 bits per heavy atom. The lowest BCUT2D eigenvalue weighted by Gasteiger charge is -2.36. The highest BCUT2D eigenvalue weighted by Gasteiger charge is 2.28. The van der Waals surface area contributed by atoms with Crippen LogP contribution in [0.1, 0.15) is 35.2 Å². The summed E-state index contributed by atoms with van der Waals surface area (Å²) in [4.78, 5) is 36.2. The molecule has 1 aliphatic heterocycles. The zero-order valence-electron chi connectivity index (χ0n) is 22.4. The van der Waals surface area contributed by atoms with Crippen LogP contribution in [0.25, 0.3) is 11.1 Å². The predicted octanol–water partition coefficient (Wildman–Crippen LogP) is 5.69. The average Bonchev–Trinajstić information content (AvgIpc) is 2.91. The quantitative estimate of drug-likeness (QED) is 0.312. The molecular weight excluding hydrogens is 520 g/mol. The number of anilines is 2. The first-order valence-electron chi connectivity index (χ1n) is 13.0. The van der Waals surface area contributed by atoms with Crippen molar-refractivity contribution in [2.45, 2.75) is 31.8 Å². The van der Waals surface area contributed by atoms with Gasteiger partial charge in [0.05, 0.1) is 44.1 Å². The number of nitrogens with one attached hydrogen (secondary N) is 2. The Morgan fingerprint density at radius 2 is 1.62 bits per heavy atom. The molecule has 4 rings (SSSR count). The van der Waals surface area contributed by atoms with Gasteiger partial charge < -0.3 is 19.6 Å². The van der Waals surface area contributed by atoms with Gasteiger partial charge in [0.25, 0.3) is 0 Å². The van der Waals surface area contributed by atoms with E-state index in [2.05, 4.69) is 24.7 Å². The summed E-state index contributed by atoms with van der Waals surface area (Å²) in [5.74, 6) is -4.36. The van der Waals surface area contributed by atoms with E-state index < -0.39 is 40.9 Å². The van der Waals surface area contributed by atoms with Gasteiger partial charge in [0.2, 0.25) is 5.91 Å². The molecule has 10 heteroatoms. The number of likely N-dealkylation sites (tertiary alicyclic amines) is 1. The Bertz CT molecular complexity index is 1400. The molecule has 1 saturated heterocycles. The lowest BCUT2D eigenvalue weighted by atomic mass is 9.98. The zero-order chi connectivity index (χ0) is 28.9. The molecule has 40 heavy (non-hydrogen) atoms. The first kappa shape index (κ1) is 28.7. The average molecular weight is 553 g/mol. The maximum Gasteiger partial charge on any atom is 0.411 e. The predicted molar refractivity (Wildman–Crippen MR) is 147 cm³/mol. The van der Waals surface area contributed by atoms with E-state index >= 15 is 0 Å². The number of hydrogen-bond donors (Lipinski definition) is 3. The fourth-order valence-electron chi connectivity index (χ4n) is 4.64. The molecule has 0 aliphatic carbocycles. The number of nitrogens with zero attached hydrogens (tertiary/aromatic N) is 1. The zero-order valence-corrected chi connectivity index (χ0v) is 22.4. The minimum atomic E-state index is -1.60. The van der Waals surface area contributed by atoms with Crippen LogP contribution in [-0.2, 0) is 16.0 Å². The molecule has 3 aromatic rings. The summed E-state index contributed by atoms with van der Waals surface area (Å²) < 4.78 is 34.7. The van der Waals surface area contributed by atoms with E-state index in [9.17, 15) is 23.2 Å². The van der Waals surface area contributed by atoms with Gasteiger partial charge in [0.15, 0.2) is 0 Å². The van der Waals surface area contributed by atoms with Gasteiger partial charge in [-0.2, -0.15) is 0 Å². The fraction of sp³-hybridized carbons (Fsp3) is 0.300.